The highest BCUT2D eigenvalue weighted by molar-refractivity contribution is 5.92. The molecule has 0 unspecified atom stereocenters. The van der Waals surface area contributed by atoms with Crippen LogP contribution in [0.5, 0.6) is 0 Å². The summed E-state index contributed by atoms with van der Waals surface area (Å²) in [5.74, 6) is -1.85. The van der Waals surface area contributed by atoms with Crippen LogP contribution in [0.15, 0.2) is 42.7 Å². The lowest BCUT2D eigenvalue weighted by atomic mass is 10.0. The van der Waals surface area contributed by atoms with Gasteiger partial charge in [-0.05, 0) is 61.1 Å². The van der Waals surface area contributed by atoms with Crippen molar-refractivity contribution in [2.24, 2.45) is 0 Å². The molecule has 0 bridgehead atoms. The molecule has 9 heteroatoms. The highest BCUT2D eigenvalue weighted by Crippen LogP contribution is 2.34. The van der Waals surface area contributed by atoms with E-state index in [0.29, 0.717) is 24.4 Å². The monoisotopic (exact) mass is 444 g/mol. The van der Waals surface area contributed by atoms with Crippen molar-refractivity contribution in [1.82, 2.24) is 14.9 Å². The molecule has 0 saturated heterocycles. The van der Waals surface area contributed by atoms with Crippen LogP contribution >= 0.6 is 0 Å². The van der Waals surface area contributed by atoms with E-state index in [0.717, 1.165) is 40.0 Å². The molecule has 166 valence electrons. The smallest absolute Gasteiger partial charge is 0.367 e. The van der Waals surface area contributed by atoms with Gasteiger partial charge in [-0.3, -0.25) is 4.79 Å². The minimum absolute atomic E-state index is 0.0488. The summed E-state index contributed by atoms with van der Waals surface area (Å²) in [6.07, 6.45) is -0.344. The average molecular weight is 444 g/mol. The summed E-state index contributed by atoms with van der Waals surface area (Å²) in [6.45, 7) is -0.423. The summed E-state index contributed by atoms with van der Waals surface area (Å²) in [5.41, 5.74) is 2.20. The van der Waals surface area contributed by atoms with Crippen LogP contribution < -0.4 is 5.32 Å². The lowest BCUT2D eigenvalue weighted by Crippen LogP contribution is -2.42. The Kier molecular flexibility index (Phi) is 4.98. The maximum Gasteiger partial charge on any atom is 0.471 e. The molecule has 2 aromatic carbocycles. The zero-order valence-corrected chi connectivity index (χ0v) is 17.0. The number of anilines is 1. The fourth-order valence-corrected chi connectivity index (χ4v) is 3.75. The Morgan fingerprint density at radius 2 is 1.75 bits per heavy atom. The normalized spacial score (nSPS) is 16.2. The second kappa shape index (κ2) is 7.72. The van der Waals surface area contributed by atoms with Gasteiger partial charge in [-0.2, -0.15) is 13.2 Å². The molecule has 0 aliphatic heterocycles. The van der Waals surface area contributed by atoms with Crippen LogP contribution in [0.4, 0.5) is 23.4 Å². The average Bonchev–Trinajstić information content (AvgIpc) is 3.67. The second-order valence-electron chi connectivity index (χ2n) is 8.34. The van der Waals surface area contributed by atoms with E-state index in [1.54, 1.807) is 6.07 Å². The predicted octanol–water partition coefficient (Wildman–Crippen LogP) is 5.06. The number of hydrogen-bond acceptors (Lipinski definition) is 4. The number of hydrogen-bond donors (Lipinski definition) is 1. The molecule has 0 atom stereocenters. The molecule has 2 saturated carbocycles. The highest BCUT2D eigenvalue weighted by Gasteiger charge is 2.47. The van der Waals surface area contributed by atoms with Crippen molar-refractivity contribution in [3.05, 3.63) is 54.1 Å². The van der Waals surface area contributed by atoms with E-state index < -0.39 is 30.5 Å². The van der Waals surface area contributed by atoms with Gasteiger partial charge >= 0.3 is 12.1 Å². The molecule has 2 aliphatic carbocycles. The van der Waals surface area contributed by atoms with Crippen molar-refractivity contribution < 1.29 is 22.4 Å². The first-order valence-electron chi connectivity index (χ1n) is 10.5. The minimum atomic E-state index is -4.99. The summed E-state index contributed by atoms with van der Waals surface area (Å²) < 4.78 is 53.5. The maximum atomic E-state index is 14.5. The van der Waals surface area contributed by atoms with Gasteiger partial charge in [0.15, 0.2) is 0 Å². The van der Waals surface area contributed by atoms with Crippen molar-refractivity contribution in [3.8, 4) is 11.1 Å². The van der Waals surface area contributed by atoms with Gasteiger partial charge in [0.05, 0.1) is 5.52 Å². The van der Waals surface area contributed by atoms with Crippen LogP contribution in [-0.4, -0.2) is 39.0 Å². The number of benzene rings is 2. The molecule has 32 heavy (non-hydrogen) atoms. The van der Waals surface area contributed by atoms with Crippen molar-refractivity contribution in [2.75, 3.05) is 5.32 Å². The quantitative estimate of drug-likeness (QED) is 0.540. The van der Waals surface area contributed by atoms with E-state index in [1.165, 1.54) is 18.5 Å². The fourth-order valence-electron chi connectivity index (χ4n) is 3.75. The van der Waals surface area contributed by atoms with Crippen LogP contribution in [0.1, 0.15) is 31.2 Å². The molecular weight excluding hydrogens is 424 g/mol. The summed E-state index contributed by atoms with van der Waals surface area (Å²) >= 11 is 0. The standard InChI is InChI=1S/C23H20F4N4O/c24-19-7-1-13(9-15(19)11-31(17-5-6-17)22(32)23(25,26)27)14-2-8-20-18(10-14)21(29-12-28-20)30-16-3-4-16/h1-2,7-10,12,16-17H,3-6,11H2,(H,28,29,30). The maximum absolute atomic E-state index is 14.5. The van der Waals surface area contributed by atoms with E-state index in [4.69, 9.17) is 0 Å². The van der Waals surface area contributed by atoms with Gasteiger partial charge < -0.3 is 10.2 Å². The van der Waals surface area contributed by atoms with Crippen molar-refractivity contribution in [1.29, 1.82) is 0 Å². The number of fused-ring (bicyclic) bond motifs is 1. The molecule has 5 rings (SSSR count). The fraction of sp³-hybridized carbons (Fsp3) is 0.348. The predicted molar refractivity (Wildman–Crippen MR) is 111 cm³/mol. The van der Waals surface area contributed by atoms with Crippen molar-refractivity contribution in [3.63, 3.8) is 0 Å². The first-order chi connectivity index (χ1) is 15.3. The van der Waals surface area contributed by atoms with Gasteiger partial charge in [0.1, 0.15) is 18.0 Å². The topological polar surface area (TPSA) is 58.1 Å². The number of nitrogens with one attached hydrogen (secondary N) is 1. The van der Waals surface area contributed by atoms with Crippen LogP contribution in [0.25, 0.3) is 22.0 Å². The molecule has 1 N–H and O–H groups in total. The molecule has 0 radical (unpaired) electrons. The third-order valence-electron chi connectivity index (χ3n) is 5.76. The Morgan fingerprint density at radius 3 is 2.44 bits per heavy atom. The molecule has 2 aliphatic rings. The van der Waals surface area contributed by atoms with E-state index in [9.17, 15) is 22.4 Å². The number of halogens is 4. The van der Waals surface area contributed by atoms with Gasteiger partial charge in [0.25, 0.3) is 0 Å². The Labute approximate surface area is 181 Å². The third-order valence-corrected chi connectivity index (χ3v) is 5.76. The summed E-state index contributed by atoms with van der Waals surface area (Å²) in [6, 6.07) is 9.75. The third kappa shape index (κ3) is 4.24. The summed E-state index contributed by atoms with van der Waals surface area (Å²) in [7, 11) is 0. The summed E-state index contributed by atoms with van der Waals surface area (Å²) in [4.78, 5) is 21.2. The van der Waals surface area contributed by atoms with Crippen molar-refractivity contribution in [2.45, 2.75) is 50.5 Å². The molecule has 3 aromatic rings. The zero-order valence-electron chi connectivity index (χ0n) is 17.0. The van der Waals surface area contributed by atoms with E-state index in [2.05, 4.69) is 15.3 Å². The molecule has 0 spiro atoms. The van der Waals surface area contributed by atoms with Crippen LogP contribution in [0, 0.1) is 5.82 Å². The van der Waals surface area contributed by atoms with Crippen molar-refractivity contribution >= 4 is 22.6 Å². The van der Waals surface area contributed by atoms with Gasteiger partial charge in [0.2, 0.25) is 0 Å². The number of rotatable bonds is 6. The number of nitrogens with zero attached hydrogens (tertiary/aromatic N) is 3. The minimum Gasteiger partial charge on any atom is -0.367 e. The Bertz CT molecular complexity index is 1190. The van der Waals surface area contributed by atoms with Gasteiger partial charge in [-0.1, -0.05) is 12.1 Å². The molecule has 2 fully saturated rings. The number of alkyl halides is 3. The van der Waals surface area contributed by atoms with E-state index in [-0.39, 0.29) is 5.56 Å². The largest absolute Gasteiger partial charge is 0.471 e. The number of aromatic nitrogens is 2. The lowest BCUT2D eigenvalue weighted by molar-refractivity contribution is -0.186. The summed E-state index contributed by atoms with van der Waals surface area (Å²) in [5, 5.41) is 4.18. The Morgan fingerprint density at radius 1 is 1.03 bits per heavy atom. The van der Waals surface area contributed by atoms with E-state index in [1.807, 2.05) is 18.2 Å². The number of carbonyl (C=O) groups excluding carboxylic acids is 1. The lowest BCUT2D eigenvalue weighted by Gasteiger charge is -2.24. The zero-order chi connectivity index (χ0) is 22.5. The van der Waals surface area contributed by atoms with Gasteiger partial charge in [-0.15, -0.1) is 0 Å². The second-order valence-corrected chi connectivity index (χ2v) is 8.34. The van der Waals surface area contributed by atoms with Gasteiger partial charge in [-0.25, -0.2) is 14.4 Å². The first kappa shape index (κ1) is 20.7. The van der Waals surface area contributed by atoms with Crippen LogP contribution in [-0.2, 0) is 11.3 Å². The molecular formula is C23H20F4N4O. The number of amides is 1. The molecule has 1 heterocycles. The Hall–Kier alpha value is -3.23. The molecule has 5 nitrogen and oxygen atoms in total. The molecule has 1 aromatic heterocycles. The Balaban J connectivity index is 1.48. The van der Waals surface area contributed by atoms with E-state index >= 15 is 0 Å². The SMILES string of the molecule is O=C(N(Cc1cc(-c2ccc3ncnc(NC4CC4)c3c2)ccc1F)C1CC1)C(F)(F)F. The van der Waals surface area contributed by atoms with Crippen LogP contribution in [0.2, 0.25) is 0 Å². The molecule has 1 amide bonds. The first-order valence-corrected chi connectivity index (χ1v) is 10.5. The highest BCUT2D eigenvalue weighted by atomic mass is 19.4. The number of carbonyl (C=O) groups is 1. The van der Waals surface area contributed by atoms with Gasteiger partial charge in [0, 0.05) is 29.6 Å². The van der Waals surface area contributed by atoms with Crippen LogP contribution in [0.3, 0.4) is 0 Å².